The molecule has 0 spiro atoms. The van der Waals surface area contributed by atoms with Crippen LogP contribution in [-0.2, 0) is 7.05 Å². The van der Waals surface area contributed by atoms with Gasteiger partial charge in [0.2, 0.25) is 0 Å². The number of para-hydroxylation sites is 1. The number of nitrogens with zero attached hydrogens (tertiary/aromatic N) is 4. The van der Waals surface area contributed by atoms with E-state index >= 15 is 0 Å². The van der Waals surface area contributed by atoms with Gasteiger partial charge in [0.1, 0.15) is 0 Å². The molecule has 3 aromatic rings. The monoisotopic (exact) mass is 446 g/mol. The first-order chi connectivity index (χ1) is 12.2. The zero-order chi connectivity index (χ0) is 17.2. The molecule has 2 N–H and O–H groups in total. The van der Waals surface area contributed by atoms with Gasteiger partial charge in [-0.15, -0.1) is 37.2 Å². The van der Waals surface area contributed by atoms with Crippen LogP contribution in [0, 0.1) is 6.92 Å². The van der Waals surface area contributed by atoms with Crippen molar-refractivity contribution in [3.8, 4) is 0 Å². The van der Waals surface area contributed by atoms with Crippen LogP contribution in [0.25, 0.3) is 21.9 Å². The Bertz CT molecular complexity index is 892. The first kappa shape index (κ1) is 24.7. The second-order valence-electron chi connectivity index (χ2n) is 6.78. The van der Waals surface area contributed by atoms with Crippen molar-refractivity contribution in [3.63, 3.8) is 0 Å². The van der Waals surface area contributed by atoms with E-state index in [2.05, 4.69) is 45.8 Å². The molecule has 0 atom stereocenters. The highest BCUT2D eigenvalue weighted by Crippen LogP contribution is 2.32. The van der Waals surface area contributed by atoms with Gasteiger partial charge in [0.25, 0.3) is 0 Å². The predicted octanol–water partition coefficient (Wildman–Crippen LogP) is 3.40. The fourth-order valence-corrected chi connectivity index (χ4v) is 3.73. The lowest BCUT2D eigenvalue weighted by atomic mass is 10.1. The van der Waals surface area contributed by atoms with Gasteiger partial charge >= 0.3 is 0 Å². The fraction of sp³-hybridized carbons (Fsp3) is 0.474. The number of pyridine rings is 1. The van der Waals surface area contributed by atoms with Crippen LogP contribution in [0.1, 0.15) is 12.1 Å². The molecule has 28 heavy (non-hydrogen) atoms. The Morgan fingerprint density at radius 3 is 2.57 bits per heavy atom. The molecular formula is C19H29Cl3N6. The van der Waals surface area contributed by atoms with Crippen molar-refractivity contribution >= 4 is 64.8 Å². The molecule has 1 aromatic carbocycles. The molecule has 1 aliphatic heterocycles. The smallest absolute Gasteiger partial charge is 0.160 e. The summed E-state index contributed by atoms with van der Waals surface area (Å²) in [6.07, 6.45) is 1.14. The Morgan fingerprint density at radius 1 is 1.11 bits per heavy atom. The van der Waals surface area contributed by atoms with Crippen LogP contribution in [0.5, 0.6) is 0 Å². The number of aryl methyl sites for hydroxylation is 2. The van der Waals surface area contributed by atoms with Gasteiger partial charge in [0.05, 0.1) is 22.3 Å². The number of fused-ring (bicyclic) bond motifs is 2. The number of halogens is 3. The van der Waals surface area contributed by atoms with Gasteiger partial charge < -0.3 is 15.5 Å². The van der Waals surface area contributed by atoms with E-state index in [0.29, 0.717) is 0 Å². The number of nitrogens with one attached hydrogen (secondary N) is 2. The number of rotatable bonds is 5. The van der Waals surface area contributed by atoms with Crippen LogP contribution in [0.15, 0.2) is 24.3 Å². The van der Waals surface area contributed by atoms with Gasteiger partial charge in [-0.3, -0.25) is 4.68 Å². The van der Waals surface area contributed by atoms with Gasteiger partial charge in [0.15, 0.2) is 5.65 Å². The second-order valence-corrected chi connectivity index (χ2v) is 6.78. The summed E-state index contributed by atoms with van der Waals surface area (Å²) < 4.78 is 1.88. The van der Waals surface area contributed by atoms with Gasteiger partial charge in [0, 0.05) is 45.2 Å². The first-order valence-corrected chi connectivity index (χ1v) is 9.13. The van der Waals surface area contributed by atoms with Crippen LogP contribution >= 0.6 is 37.2 Å². The number of hydrogen-bond acceptors (Lipinski definition) is 5. The molecule has 9 heteroatoms. The third-order valence-electron chi connectivity index (χ3n) is 5.00. The van der Waals surface area contributed by atoms with Crippen molar-refractivity contribution in [3.05, 3.63) is 30.0 Å². The van der Waals surface area contributed by atoms with Crippen molar-refractivity contribution in [2.45, 2.75) is 13.3 Å². The van der Waals surface area contributed by atoms with Gasteiger partial charge in [-0.05, 0) is 26.0 Å². The van der Waals surface area contributed by atoms with E-state index in [9.17, 15) is 0 Å². The number of piperazine rings is 1. The molecule has 0 aliphatic carbocycles. The SMILES string of the molecule is Cc1nn(C)c2nc3ccccc3c(NCCCN3CCNCC3)c12.Cl.Cl.Cl. The standard InChI is InChI=1S/C19H26N6.3ClH/c1-14-17-18(21-8-5-11-25-12-9-20-10-13-25)15-6-3-4-7-16(15)22-19(17)24(2)23-14;;;/h3-4,6-7,20H,5,8-13H2,1-2H3,(H,21,22);3*1H. The maximum absolute atomic E-state index is 4.81. The fourth-order valence-electron chi connectivity index (χ4n) is 3.73. The van der Waals surface area contributed by atoms with Crippen molar-refractivity contribution in [2.75, 3.05) is 44.6 Å². The van der Waals surface area contributed by atoms with Gasteiger partial charge in [-0.1, -0.05) is 18.2 Å². The summed E-state index contributed by atoms with van der Waals surface area (Å²) in [6.45, 7) is 8.70. The van der Waals surface area contributed by atoms with Crippen LogP contribution < -0.4 is 10.6 Å². The Hall–Kier alpha value is -1.31. The summed E-state index contributed by atoms with van der Waals surface area (Å²) in [5.74, 6) is 0. The Kier molecular flexibility index (Phi) is 9.74. The minimum Gasteiger partial charge on any atom is -0.384 e. The highest BCUT2D eigenvalue weighted by Gasteiger charge is 2.15. The number of anilines is 1. The summed E-state index contributed by atoms with van der Waals surface area (Å²) in [5, 5.41) is 14.0. The quantitative estimate of drug-likeness (QED) is 0.587. The van der Waals surface area contributed by atoms with E-state index in [1.54, 1.807) is 0 Å². The number of hydrogen-bond donors (Lipinski definition) is 2. The van der Waals surface area contributed by atoms with Crippen LogP contribution in [0.4, 0.5) is 5.69 Å². The summed E-state index contributed by atoms with van der Waals surface area (Å²) in [4.78, 5) is 7.34. The van der Waals surface area contributed by atoms with E-state index in [0.717, 1.165) is 67.9 Å². The molecule has 0 amide bonds. The average molecular weight is 448 g/mol. The summed E-state index contributed by atoms with van der Waals surface area (Å²) in [7, 11) is 1.96. The van der Waals surface area contributed by atoms with Crippen LogP contribution in [0.2, 0.25) is 0 Å². The minimum absolute atomic E-state index is 0. The van der Waals surface area contributed by atoms with E-state index in [1.807, 2.05) is 17.8 Å². The maximum Gasteiger partial charge on any atom is 0.160 e. The lowest BCUT2D eigenvalue weighted by Gasteiger charge is -2.27. The Morgan fingerprint density at radius 2 is 1.82 bits per heavy atom. The summed E-state index contributed by atoms with van der Waals surface area (Å²) >= 11 is 0. The molecule has 0 saturated carbocycles. The number of aromatic nitrogens is 3. The Balaban J connectivity index is 0.00000131. The third kappa shape index (κ3) is 4.99. The molecule has 156 valence electrons. The summed E-state index contributed by atoms with van der Waals surface area (Å²) in [6, 6.07) is 8.34. The third-order valence-corrected chi connectivity index (χ3v) is 5.00. The average Bonchev–Trinajstić information content (AvgIpc) is 2.92. The zero-order valence-electron chi connectivity index (χ0n) is 16.3. The molecule has 6 nitrogen and oxygen atoms in total. The largest absolute Gasteiger partial charge is 0.384 e. The molecule has 0 radical (unpaired) electrons. The predicted molar refractivity (Wildman–Crippen MR) is 125 cm³/mol. The van der Waals surface area contributed by atoms with Gasteiger partial charge in [-0.25, -0.2) is 4.98 Å². The summed E-state index contributed by atoms with van der Waals surface area (Å²) in [5.41, 5.74) is 4.16. The van der Waals surface area contributed by atoms with Crippen molar-refractivity contribution in [2.24, 2.45) is 7.05 Å². The molecule has 4 rings (SSSR count). The minimum atomic E-state index is 0. The molecule has 1 fully saturated rings. The van der Waals surface area contributed by atoms with Crippen LogP contribution in [-0.4, -0.2) is 58.9 Å². The van der Waals surface area contributed by atoms with Gasteiger partial charge in [-0.2, -0.15) is 5.10 Å². The molecule has 2 aromatic heterocycles. The van der Waals surface area contributed by atoms with E-state index < -0.39 is 0 Å². The maximum atomic E-state index is 4.81. The van der Waals surface area contributed by atoms with Crippen LogP contribution in [0.3, 0.4) is 0 Å². The van der Waals surface area contributed by atoms with Crippen molar-refractivity contribution < 1.29 is 0 Å². The second kappa shape index (κ2) is 11.0. The van der Waals surface area contributed by atoms with E-state index in [4.69, 9.17) is 4.98 Å². The normalized spacial score (nSPS) is 14.2. The van der Waals surface area contributed by atoms with Crippen molar-refractivity contribution in [1.29, 1.82) is 0 Å². The van der Waals surface area contributed by atoms with E-state index in [-0.39, 0.29) is 37.2 Å². The topological polar surface area (TPSA) is 58.0 Å². The number of benzene rings is 1. The highest BCUT2D eigenvalue weighted by molar-refractivity contribution is 6.07. The molecular weight excluding hydrogens is 419 g/mol. The molecule has 0 bridgehead atoms. The molecule has 3 heterocycles. The highest BCUT2D eigenvalue weighted by atomic mass is 35.5. The molecule has 1 saturated heterocycles. The first-order valence-electron chi connectivity index (χ1n) is 9.13. The van der Waals surface area contributed by atoms with E-state index in [1.165, 1.54) is 11.1 Å². The van der Waals surface area contributed by atoms with Crippen molar-refractivity contribution in [1.82, 2.24) is 25.0 Å². The lowest BCUT2D eigenvalue weighted by molar-refractivity contribution is 0.240. The lowest BCUT2D eigenvalue weighted by Crippen LogP contribution is -2.44. The molecule has 0 unspecified atom stereocenters. The zero-order valence-corrected chi connectivity index (χ0v) is 18.7. The Labute approximate surface area is 184 Å². The molecule has 1 aliphatic rings.